The van der Waals surface area contributed by atoms with E-state index in [4.69, 9.17) is 11.5 Å². The van der Waals surface area contributed by atoms with Crippen LogP contribution in [0.1, 0.15) is 64.7 Å². The van der Waals surface area contributed by atoms with Crippen LogP contribution in [-0.4, -0.2) is 65.5 Å². The smallest absolute Gasteiger partial charge is 0.240 e. The molecule has 1 aliphatic carbocycles. The molecule has 1 saturated carbocycles. The van der Waals surface area contributed by atoms with Crippen LogP contribution in [0.2, 0.25) is 0 Å². The summed E-state index contributed by atoms with van der Waals surface area (Å²) < 4.78 is 0. The quantitative estimate of drug-likeness (QED) is 0.184. The predicted molar refractivity (Wildman–Crippen MR) is 110 cm³/mol. The van der Waals surface area contributed by atoms with Crippen molar-refractivity contribution in [3.05, 3.63) is 0 Å². The zero-order chi connectivity index (χ0) is 20.6. The summed E-state index contributed by atoms with van der Waals surface area (Å²) in [7, 11) is 0. The van der Waals surface area contributed by atoms with Crippen LogP contribution < -0.4 is 16.8 Å². The van der Waals surface area contributed by atoms with Crippen molar-refractivity contribution in [2.45, 2.75) is 82.4 Å². The molecule has 0 aromatic carbocycles. The normalized spacial score (nSPS) is 23.6. The molecule has 0 aromatic heterocycles. The molecule has 1 unspecified atom stereocenters. The van der Waals surface area contributed by atoms with Crippen LogP contribution in [-0.2, 0) is 9.59 Å². The number of amides is 1. The average Bonchev–Trinajstić information content (AvgIpc) is 3.21. The van der Waals surface area contributed by atoms with E-state index in [2.05, 4.69) is 10.3 Å². The summed E-state index contributed by atoms with van der Waals surface area (Å²) >= 11 is 0. The van der Waals surface area contributed by atoms with Gasteiger partial charge in [0.05, 0.1) is 12.1 Å². The Bertz CT molecular complexity index is 538. The number of rotatable bonds is 10. The second-order valence-corrected chi connectivity index (χ2v) is 8.30. The molecule has 1 amide bonds. The number of hydrogen-bond donors (Lipinski definition) is 4. The molecule has 1 aliphatic heterocycles. The number of hydrogen-bond acceptors (Lipinski definition) is 5. The maximum atomic E-state index is 13.4. The fourth-order valence-electron chi connectivity index (χ4n) is 4.76. The van der Waals surface area contributed by atoms with Crippen LogP contribution in [0.15, 0.2) is 4.99 Å². The third-order valence-corrected chi connectivity index (χ3v) is 6.12. The molecule has 0 aromatic rings. The van der Waals surface area contributed by atoms with E-state index in [-0.39, 0.29) is 30.4 Å². The predicted octanol–water partition coefficient (Wildman–Crippen LogP) is 0.519. The van der Waals surface area contributed by atoms with Crippen LogP contribution in [0.25, 0.3) is 0 Å². The zero-order valence-electron chi connectivity index (χ0n) is 17.1. The van der Waals surface area contributed by atoms with Crippen molar-refractivity contribution >= 4 is 18.2 Å². The number of nitrogens with one attached hydrogen (secondary N) is 1. The van der Waals surface area contributed by atoms with E-state index in [1.165, 1.54) is 0 Å². The van der Waals surface area contributed by atoms with Gasteiger partial charge in [-0.3, -0.25) is 9.79 Å². The molecule has 3 atom stereocenters. The van der Waals surface area contributed by atoms with Crippen molar-refractivity contribution in [1.82, 2.24) is 10.2 Å². The third kappa shape index (κ3) is 5.67. The third-order valence-electron chi connectivity index (χ3n) is 6.12. The van der Waals surface area contributed by atoms with Crippen molar-refractivity contribution in [1.29, 1.82) is 0 Å². The van der Waals surface area contributed by atoms with Crippen molar-refractivity contribution in [2.24, 2.45) is 22.4 Å². The van der Waals surface area contributed by atoms with E-state index in [1.54, 1.807) is 11.8 Å². The number of aliphatic hydroxyl groups excluding tert-OH is 1. The molecular formula is C20H37N5O3. The van der Waals surface area contributed by atoms with E-state index >= 15 is 0 Å². The maximum absolute atomic E-state index is 13.4. The van der Waals surface area contributed by atoms with Crippen LogP contribution in [0.3, 0.4) is 0 Å². The van der Waals surface area contributed by atoms with Gasteiger partial charge in [-0.25, -0.2) is 0 Å². The molecule has 1 heterocycles. The molecule has 160 valence electrons. The first-order valence-corrected chi connectivity index (χ1v) is 10.7. The summed E-state index contributed by atoms with van der Waals surface area (Å²) in [6.45, 7) is 3.05. The number of nitrogens with two attached hydrogens (primary N) is 2. The number of guanidine groups is 1. The number of aliphatic imine (C=N–C) groups is 1. The van der Waals surface area contributed by atoms with Gasteiger partial charge in [0.15, 0.2) is 5.96 Å². The largest absolute Gasteiger partial charge is 0.392 e. The van der Waals surface area contributed by atoms with Gasteiger partial charge in [0, 0.05) is 13.1 Å². The van der Waals surface area contributed by atoms with E-state index < -0.39 is 11.6 Å². The Morgan fingerprint density at radius 3 is 2.54 bits per heavy atom. The van der Waals surface area contributed by atoms with E-state index in [0.717, 1.165) is 57.8 Å². The van der Waals surface area contributed by atoms with Crippen LogP contribution in [0, 0.1) is 5.92 Å². The summed E-state index contributed by atoms with van der Waals surface area (Å²) in [5.74, 6) is 0.0569. The molecule has 28 heavy (non-hydrogen) atoms. The molecular weight excluding hydrogens is 358 g/mol. The summed E-state index contributed by atoms with van der Waals surface area (Å²) in [5.41, 5.74) is 9.93. The highest BCUT2D eigenvalue weighted by atomic mass is 16.3. The molecule has 6 N–H and O–H groups in total. The summed E-state index contributed by atoms with van der Waals surface area (Å²) in [5, 5.41) is 13.4. The number of carbonyl (C=O) groups excluding carboxylic acids is 2. The molecule has 1 saturated heterocycles. The van der Waals surface area contributed by atoms with Gasteiger partial charge in [-0.15, -0.1) is 0 Å². The topological polar surface area (TPSA) is 134 Å². The number of carbonyl (C=O) groups is 2. The highest BCUT2D eigenvalue weighted by molar-refractivity contribution is 5.86. The number of nitrogens with zero attached hydrogens (tertiary/aromatic N) is 2. The van der Waals surface area contributed by atoms with E-state index in [1.807, 2.05) is 0 Å². The maximum Gasteiger partial charge on any atom is 0.240 e. The molecule has 2 aliphatic rings. The fourth-order valence-corrected chi connectivity index (χ4v) is 4.76. The number of β-amino-alcohol motifs (C(OH)–C–C–N with tert-alkyl or cyclic N) is 1. The molecule has 2 fully saturated rings. The van der Waals surface area contributed by atoms with Gasteiger partial charge in [-0.05, 0) is 57.9 Å². The minimum absolute atomic E-state index is 0.0291. The molecule has 0 radical (unpaired) electrons. The first kappa shape index (κ1) is 22.6. The molecule has 8 heteroatoms. The Balaban J connectivity index is 2.32. The van der Waals surface area contributed by atoms with Crippen LogP contribution in [0.4, 0.5) is 0 Å². The highest BCUT2D eigenvalue weighted by Gasteiger charge is 2.47. The Kier molecular flexibility index (Phi) is 8.69. The SMILES string of the molecule is CC(O)CN(C(=O)[C@@H]1CCCN1)[C@](C=O)(CCCN=C(N)N)C1CCCCC1. The first-order valence-electron chi connectivity index (χ1n) is 10.7. The molecule has 0 spiro atoms. The van der Waals surface area contributed by atoms with Gasteiger partial charge in [0.25, 0.3) is 0 Å². The van der Waals surface area contributed by atoms with Gasteiger partial charge in [0.1, 0.15) is 11.8 Å². The molecule has 2 rings (SSSR count). The van der Waals surface area contributed by atoms with E-state index in [0.29, 0.717) is 19.4 Å². The minimum atomic E-state index is -0.919. The second-order valence-electron chi connectivity index (χ2n) is 8.30. The average molecular weight is 396 g/mol. The summed E-state index contributed by atoms with van der Waals surface area (Å²) in [6.07, 6.45) is 8.21. The van der Waals surface area contributed by atoms with Crippen LogP contribution >= 0.6 is 0 Å². The Hall–Kier alpha value is -1.67. The lowest BCUT2D eigenvalue weighted by molar-refractivity contribution is -0.150. The van der Waals surface area contributed by atoms with Gasteiger partial charge >= 0.3 is 0 Å². The van der Waals surface area contributed by atoms with Crippen molar-refractivity contribution in [3.63, 3.8) is 0 Å². The molecule has 0 bridgehead atoms. The highest BCUT2D eigenvalue weighted by Crippen LogP contribution is 2.39. The lowest BCUT2D eigenvalue weighted by Gasteiger charge is -2.48. The fraction of sp³-hybridized carbons (Fsp3) is 0.850. The van der Waals surface area contributed by atoms with Crippen LogP contribution in [0.5, 0.6) is 0 Å². The lowest BCUT2D eigenvalue weighted by Crippen LogP contribution is -2.62. The van der Waals surface area contributed by atoms with Gasteiger partial charge in [-0.2, -0.15) is 0 Å². The van der Waals surface area contributed by atoms with Gasteiger partial charge in [0.2, 0.25) is 5.91 Å². The lowest BCUT2D eigenvalue weighted by atomic mass is 9.71. The van der Waals surface area contributed by atoms with Crippen molar-refractivity contribution < 1.29 is 14.7 Å². The number of aliphatic hydroxyl groups is 1. The van der Waals surface area contributed by atoms with Crippen molar-refractivity contribution in [2.75, 3.05) is 19.6 Å². The van der Waals surface area contributed by atoms with Gasteiger partial charge < -0.3 is 31.6 Å². The monoisotopic (exact) mass is 395 g/mol. The zero-order valence-corrected chi connectivity index (χ0v) is 17.1. The minimum Gasteiger partial charge on any atom is -0.392 e. The van der Waals surface area contributed by atoms with Crippen molar-refractivity contribution in [3.8, 4) is 0 Å². The summed E-state index contributed by atoms with van der Waals surface area (Å²) in [4.78, 5) is 31.7. The first-order chi connectivity index (χ1) is 13.4. The van der Waals surface area contributed by atoms with E-state index in [9.17, 15) is 14.7 Å². The Labute approximate surface area is 168 Å². The molecule has 8 nitrogen and oxygen atoms in total. The summed E-state index contributed by atoms with van der Waals surface area (Å²) in [6, 6.07) is -0.278. The Morgan fingerprint density at radius 1 is 1.29 bits per heavy atom. The Morgan fingerprint density at radius 2 is 2.00 bits per heavy atom. The standard InChI is InChI=1S/C20H37N5O3/c1-15(27)13-25(18(28)17-9-5-11-23-17)20(14-26,10-6-12-24-19(21)22)16-7-3-2-4-8-16/h14-17,23,27H,2-13H2,1H3,(H4,21,22,24)/t15?,17-,20-/m0/s1. The number of aldehydes is 1. The second kappa shape index (κ2) is 10.8. The van der Waals surface area contributed by atoms with Gasteiger partial charge in [-0.1, -0.05) is 19.3 Å².